The van der Waals surface area contributed by atoms with E-state index in [0.717, 1.165) is 35.3 Å². The molecule has 12 nitrogen and oxygen atoms in total. The largest absolute Gasteiger partial charge is 0.463 e. The van der Waals surface area contributed by atoms with Crippen molar-refractivity contribution in [2.24, 2.45) is 4.99 Å². The Bertz CT molecular complexity index is 2080. The molecule has 304 valence electrons. The van der Waals surface area contributed by atoms with Crippen LogP contribution < -0.4 is 14.9 Å². The molecule has 0 bridgehead atoms. The molecule has 3 aromatic rings. The number of esters is 2. The number of carbonyl (C=O) groups is 2. The average Bonchev–Trinajstić information content (AvgIpc) is 3.75. The third-order valence-corrected chi connectivity index (χ3v) is 10.7. The van der Waals surface area contributed by atoms with E-state index in [9.17, 15) is 40.5 Å². The van der Waals surface area contributed by atoms with Crippen LogP contribution in [0.2, 0.25) is 5.02 Å². The van der Waals surface area contributed by atoms with Gasteiger partial charge >= 0.3 is 19.7 Å². The van der Waals surface area contributed by atoms with E-state index in [0.29, 0.717) is 5.01 Å². The summed E-state index contributed by atoms with van der Waals surface area (Å²) >= 11 is 7.50. The summed E-state index contributed by atoms with van der Waals surface area (Å²) in [6, 6.07) is 0.260. The summed E-state index contributed by atoms with van der Waals surface area (Å²) in [6.07, 6.45) is -1.83. The fraction of sp³-hybridized carbons (Fsp3) is 0.394. The maximum absolute atomic E-state index is 15.8. The second-order valence-corrected chi connectivity index (χ2v) is 15.4. The Morgan fingerprint density at radius 2 is 1.75 bits per heavy atom. The number of aromatic nitrogens is 1. The molecule has 56 heavy (non-hydrogen) atoms. The van der Waals surface area contributed by atoms with Crippen LogP contribution in [0.4, 0.5) is 35.1 Å². The van der Waals surface area contributed by atoms with Crippen LogP contribution >= 0.6 is 30.7 Å². The minimum Gasteiger partial charge on any atom is -0.463 e. The van der Waals surface area contributed by atoms with Gasteiger partial charge in [0.1, 0.15) is 24.0 Å². The number of hydrogen-bond donors (Lipinski definition) is 2. The maximum atomic E-state index is 15.8. The van der Waals surface area contributed by atoms with Gasteiger partial charge in [0.05, 0.1) is 24.8 Å². The lowest BCUT2D eigenvalue weighted by Gasteiger charge is -2.29. The van der Waals surface area contributed by atoms with Crippen LogP contribution in [0.1, 0.15) is 44.3 Å². The average molecular weight is 860 g/mol. The van der Waals surface area contributed by atoms with Crippen molar-refractivity contribution in [3.8, 4) is 5.75 Å². The Balaban J connectivity index is 1.52. The summed E-state index contributed by atoms with van der Waals surface area (Å²) in [7, 11) is -5.71. The SMILES string of the molecule is CCOC(=O)C1=C(CN2CC(OP(=O)(N[C@@H](C)C(=O)OC(C)C)Oc3c(F)c(F)c(F)c(F)c3F)C(F)(F)C2)NC(c2nccs2)=N[C@H]1c1ccc(F)cc1Cl. The number of likely N-dealkylation sites (tertiary alicyclic amines) is 1. The summed E-state index contributed by atoms with van der Waals surface area (Å²) in [5.74, 6) is -21.7. The molecule has 3 heterocycles. The first kappa shape index (κ1) is 43.0. The van der Waals surface area contributed by atoms with E-state index in [2.05, 4.69) is 19.8 Å². The van der Waals surface area contributed by atoms with E-state index in [-0.39, 0.29) is 34.3 Å². The van der Waals surface area contributed by atoms with E-state index in [1.54, 1.807) is 5.38 Å². The van der Waals surface area contributed by atoms with Gasteiger partial charge in [-0.25, -0.2) is 40.7 Å². The number of benzene rings is 2. The van der Waals surface area contributed by atoms with Crippen molar-refractivity contribution in [1.82, 2.24) is 20.3 Å². The summed E-state index contributed by atoms with van der Waals surface area (Å²) in [4.78, 5) is 35.8. The number of amidine groups is 1. The van der Waals surface area contributed by atoms with Crippen LogP contribution in [0.25, 0.3) is 0 Å². The lowest BCUT2D eigenvalue weighted by molar-refractivity contribution is -0.149. The summed E-state index contributed by atoms with van der Waals surface area (Å²) in [5.41, 5.74) is -0.137. The zero-order chi connectivity index (χ0) is 41.3. The van der Waals surface area contributed by atoms with Gasteiger partial charge in [-0.3, -0.25) is 19.2 Å². The van der Waals surface area contributed by atoms with Crippen molar-refractivity contribution in [1.29, 1.82) is 0 Å². The second-order valence-electron chi connectivity index (χ2n) is 12.5. The zero-order valence-corrected chi connectivity index (χ0v) is 31.9. The molecule has 2 aromatic carbocycles. The highest BCUT2D eigenvalue weighted by Gasteiger charge is 2.54. The molecule has 1 saturated heterocycles. The quantitative estimate of drug-likeness (QED) is 0.0570. The highest BCUT2D eigenvalue weighted by Crippen LogP contribution is 2.51. The fourth-order valence-electron chi connectivity index (χ4n) is 5.51. The van der Waals surface area contributed by atoms with Crippen molar-refractivity contribution in [3.63, 3.8) is 0 Å². The summed E-state index contributed by atoms with van der Waals surface area (Å²) < 4.78 is 151. The van der Waals surface area contributed by atoms with Crippen molar-refractivity contribution >= 4 is 48.5 Å². The Labute approximate surface area is 322 Å². The van der Waals surface area contributed by atoms with Gasteiger partial charge in [-0.1, -0.05) is 17.7 Å². The molecule has 2 N–H and O–H groups in total. The zero-order valence-electron chi connectivity index (χ0n) is 29.5. The molecule has 0 saturated carbocycles. The van der Waals surface area contributed by atoms with Gasteiger partial charge in [-0.2, -0.15) is 13.9 Å². The standard InChI is InChI=1S/C33H31ClF8N5O7PS/c1-5-51-32(49)21-19(44-29(30-43-8-9-56-30)45-27(21)17-7-6-16(35)10-18(17)34)11-47-12-20(33(41,42)13-47)53-55(50,46-15(4)31(48)52-14(2)3)54-28-25(39)23(37)22(36)24(38)26(28)40/h6-10,14-15,20,27H,5,11-13H2,1-4H3,(H,44,45)(H,46,50)/t15-,20?,27-,55?/m0/s1. The Morgan fingerprint density at radius 1 is 1.09 bits per heavy atom. The van der Waals surface area contributed by atoms with Crippen LogP contribution in [0.15, 0.2) is 46.0 Å². The van der Waals surface area contributed by atoms with Gasteiger partial charge < -0.3 is 19.3 Å². The molecule has 4 atom stereocenters. The first-order valence-electron chi connectivity index (χ1n) is 16.4. The number of aliphatic imine (C=N–C) groups is 1. The number of halogens is 9. The number of nitrogens with zero attached hydrogens (tertiary/aromatic N) is 3. The van der Waals surface area contributed by atoms with Gasteiger partial charge in [0.2, 0.25) is 34.8 Å². The lowest BCUT2D eigenvalue weighted by Crippen LogP contribution is -2.40. The summed E-state index contributed by atoms with van der Waals surface area (Å²) in [6.45, 7) is 2.58. The number of alkyl halides is 2. The van der Waals surface area contributed by atoms with E-state index in [4.69, 9.17) is 25.6 Å². The van der Waals surface area contributed by atoms with Crippen molar-refractivity contribution in [2.75, 3.05) is 26.2 Å². The molecular weight excluding hydrogens is 829 g/mol. The molecule has 2 aliphatic heterocycles. The molecular formula is C33H31ClF8N5O7PS. The third kappa shape index (κ3) is 9.34. The highest BCUT2D eigenvalue weighted by atomic mass is 35.5. The molecule has 23 heteroatoms. The minimum atomic E-state index is -5.71. The monoisotopic (exact) mass is 859 g/mol. The number of ether oxygens (including phenoxy) is 2. The summed E-state index contributed by atoms with van der Waals surface area (Å²) in [5, 5.41) is 6.56. The molecule has 1 fully saturated rings. The number of nitrogens with one attached hydrogen (secondary N) is 2. The van der Waals surface area contributed by atoms with Gasteiger partial charge in [0, 0.05) is 40.9 Å². The lowest BCUT2D eigenvalue weighted by atomic mass is 9.95. The van der Waals surface area contributed by atoms with Gasteiger partial charge in [-0.15, -0.1) is 11.3 Å². The predicted octanol–water partition coefficient (Wildman–Crippen LogP) is 6.99. The molecule has 1 aromatic heterocycles. The molecule has 2 aliphatic rings. The van der Waals surface area contributed by atoms with Crippen molar-refractivity contribution < 1.29 is 67.8 Å². The van der Waals surface area contributed by atoms with Gasteiger partial charge in [0.25, 0.3) is 5.92 Å². The number of thiazole rings is 1. The minimum absolute atomic E-state index is 0.0606. The topological polar surface area (TPSA) is 141 Å². The molecule has 0 aliphatic carbocycles. The van der Waals surface area contributed by atoms with Crippen molar-refractivity contribution in [2.45, 2.75) is 57.9 Å². The normalized spacial score (nSPS) is 20.0. The van der Waals surface area contributed by atoms with Crippen LogP contribution in [-0.2, 0) is 28.2 Å². The molecule has 2 unspecified atom stereocenters. The molecule has 0 amide bonds. The smallest absolute Gasteiger partial charge is 0.460 e. The fourth-order valence-corrected chi connectivity index (χ4v) is 8.06. The second kappa shape index (κ2) is 17.2. The van der Waals surface area contributed by atoms with Crippen LogP contribution in [0.3, 0.4) is 0 Å². The Hall–Kier alpha value is -4.14. The number of hydrogen-bond acceptors (Lipinski definition) is 12. The Kier molecular flexibility index (Phi) is 13.2. The first-order valence-corrected chi connectivity index (χ1v) is 19.2. The predicted molar refractivity (Wildman–Crippen MR) is 184 cm³/mol. The van der Waals surface area contributed by atoms with Crippen molar-refractivity contribution in [3.05, 3.63) is 91.5 Å². The van der Waals surface area contributed by atoms with Crippen LogP contribution in [-0.4, -0.2) is 78.1 Å². The third-order valence-electron chi connectivity index (χ3n) is 7.93. The Morgan fingerprint density at radius 3 is 2.34 bits per heavy atom. The van der Waals surface area contributed by atoms with Gasteiger partial charge in [-0.05, 0) is 39.8 Å². The van der Waals surface area contributed by atoms with E-state index >= 15 is 8.78 Å². The molecule has 5 rings (SSSR count). The van der Waals surface area contributed by atoms with E-state index < -0.39 is 110 Å². The highest BCUT2D eigenvalue weighted by molar-refractivity contribution is 7.52. The first-order chi connectivity index (χ1) is 26.2. The van der Waals surface area contributed by atoms with E-state index in [1.165, 1.54) is 33.0 Å². The molecule has 0 radical (unpaired) electrons. The van der Waals surface area contributed by atoms with E-state index in [1.807, 2.05) is 5.09 Å². The van der Waals surface area contributed by atoms with Crippen LogP contribution in [0, 0.1) is 34.9 Å². The number of carbonyl (C=O) groups excluding carboxylic acids is 2. The molecule has 0 spiro atoms. The van der Waals surface area contributed by atoms with Crippen LogP contribution in [0.5, 0.6) is 5.75 Å². The number of rotatable bonds is 14. The van der Waals surface area contributed by atoms with Gasteiger partial charge in [0.15, 0.2) is 10.8 Å². The maximum Gasteiger partial charge on any atom is 0.460 e.